The summed E-state index contributed by atoms with van der Waals surface area (Å²) in [5.74, 6) is -0.164. The minimum absolute atomic E-state index is 0.164. The van der Waals surface area contributed by atoms with Gasteiger partial charge in [0.25, 0.3) is 0 Å². The molecule has 0 aliphatic carbocycles. The van der Waals surface area contributed by atoms with Gasteiger partial charge in [0.2, 0.25) is 0 Å². The second kappa shape index (κ2) is 8.51. The Kier molecular flexibility index (Phi) is 6.66. The molecule has 114 valence electrons. The number of thiophene rings is 1. The van der Waals surface area contributed by atoms with E-state index in [1.54, 1.807) is 22.7 Å². The van der Waals surface area contributed by atoms with Crippen molar-refractivity contribution in [1.29, 1.82) is 0 Å². The number of anilines is 1. The number of carbonyl (C=O) groups excluding carboxylic acids is 1. The van der Waals surface area contributed by atoms with E-state index in [9.17, 15) is 4.79 Å². The van der Waals surface area contributed by atoms with Crippen LogP contribution in [0.1, 0.15) is 23.9 Å². The van der Waals surface area contributed by atoms with Crippen molar-refractivity contribution >= 4 is 49.7 Å². The molecule has 2 aromatic rings. The number of hydrogen-bond acceptors (Lipinski definition) is 6. The molecule has 4 nitrogen and oxygen atoms in total. The van der Waals surface area contributed by atoms with E-state index in [0.29, 0.717) is 19.4 Å². The summed E-state index contributed by atoms with van der Waals surface area (Å²) in [6, 6.07) is 4.19. The van der Waals surface area contributed by atoms with Gasteiger partial charge in [-0.1, -0.05) is 0 Å². The Bertz CT molecular complexity index is 583. The number of halogens is 1. The minimum Gasteiger partial charge on any atom is -0.466 e. The van der Waals surface area contributed by atoms with E-state index >= 15 is 0 Å². The third-order valence-corrected chi connectivity index (χ3v) is 5.25. The van der Waals surface area contributed by atoms with E-state index in [-0.39, 0.29) is 5.97 Å². The van der Waals surface area contributed by atoms with Crippen LogP contribution in [0.2, 0.25) is 0 Å². The summed E-state index contributed by atoms with van der Waals surface area (Å²) in [6.45, 7) is 3.11. The maximum Gasteiger partial charge on any atom is 0.306 e. The van der Waals surface area contributed by atoms with Crippen LogP contribution in [0.25, 0.3) is 0 Å². The second-order valence-electron chi connectivity index (χ2n) is 4.33. The standard InChI is InChI=1S/C14H17BrN2O2S2/c1-2-19-13(18)6-3-10-9-20-14(17-10)16-8-7-11-4-5-12(15)21-11/h4-5,9H,2-3,6-8H2,1H3,(H,16,17). The molecule has 0 saturated carbocycles. The summed E-state index contributed by atoms with van der Waals surface area (Å²) in [5, 5.41) is 6.21. The monoisotopic (exact) mass is 388 g/mol. The molecule has 21 heavy (non-hydrogen) atoms. The highest BCUT2D eigenvalue weighted by Crippen LogP contribution is 2.23. The molecule has 0 aliphatic heterocycles. The highest BCUT2D eigenvalue weighted by atomic mass is 79.9. The van der Waals surface area contributed by atoms with Crippen molar-refractivity contribution in [1.82, 2.24) is 4.98 Å². The summed E-state index contributed by atoms with van der Waals surface area (Å²) in [6.07, 6.45) is 2.00. The first-order valence-corrected chi connectivity index (χ1v) is 9.24. The number of rotatable bonds is 8. The van der Waals surface area contributed by atoms with Gasteiger partial charge in [-0.3, -0.25) is 4.79 Å². The number of esters is 1. The Balaban J connectivity index is 1.71. The van der Waals surface area contributed by atoms with Crippen LogP contribution in [0, 0.1) is 0 Å². The summed E-state index contributed by atoms with van der Waals surface area (Å²) >= 11 is 6.79. The van der Waals surface area contributed by atoms with Gasteiger partial charge >= 0.3 is 5.97 Å². The highest BCUT2D eigenvalue weighted by Gasteiger charge is 2.06. The number of nitrogens with zero attached hydrogens (tertiary/aromatic N) is 1. The van der Waals surface area contributed by atoms with Crippen molar-refractivity contribution in [2.24, 2.45) is 0 Å². The number of hydrogen-bond donors (Lipinski definition) is 1. The molecule has 0 spiro atoms. The summed E-state index contributed by atoms with van der Waals surface area (Å²) < 4.78 is 6.06. The van der Waals surface area contributed by atoms with Gasteiger partial charge in [0, 0.05) is 23.2 Å². The predicted octanol–water partition coefficient (Wildman–Crippen LogP) is 4.12. The number of thiazole rings is 1. The molecule has 2 aromatic heterocycles. The van der Waals surface area contributed by atoms with E-state index in [1.807, 2.05) is 12.3 Å². The lowest BCUT2D eigenvalue weighted by Gasteiger charge is -2.01. The molecule has 0 fully saturated rings. The third kappa shape index (κ3) is 5.76. The van der Waals surface area contributed by atoms with E-state index in [0.717, 1.165) is 27.6 Å². The first kappa shape index (κ1) is 16.5. The largest absolute Gasteiger partial charge is 0.466 e. The Morgan fingerprint density at radius 3 is 3.00 bits per heavy atom. The van der Waals surface area contributed by atoms with Gasteiger partial charge in [0.05, 0.1) is 22.5 Å². The molecule has 7 heteroatoms. The van der Waals surface area contributed by atoms with Crippen molar-refractivity contribution < 1.29 is 9.53 Å². The van der Waals surface area contributed by atoms with E-state index in [4.69, 9.17) is 4.74 Å². The Labute approximate surface area is 140 Å². The Hall–Kier alpha value is -0.920. The lowest BCUT2D eigenvalue weighted by atomic mass is 10.2. The first-order chi connectivity index (χ1) is 10.2. The van der Waals surface area contributed by atoms with E-state index in [2.05, 4.69) is 38.4 Å². The molecule has 0 radical (unpaired) electrons. The van der Waals surface area contributed by atoms with Crippen LogP contribution in [0.15, 0.2) is 21.3 Å². The van der Waals surface area contributed by atoms with Crippen molar-refractivity contribution in [2.45, 2.75) is 26.2 Å². The predicted molar refractivity (Wildman–Crippen MR) is 91.3 cm³/mol. The fraction of sp³-hybridized carbons (Fsp3) is 0.429. The van der Waals surface area contributed by atoms with Crippen LogP contribution in [0.3, 0.4) is 0 Å². The van der Waals surface area contributed by atoms with Crippen LogP contribution < -0.4 is 5.32 Å². The average molecular weight is 389 g/mol. The SMILES string of the molecule is CCOC(=O)CCc1csc(NCCc2ccc(Br)s2)n1. The van der Waals surface area contributed by atoms with Crippen molar-refractivity contribution in [3.8, 4) is 0 Å². The van der Waals surface area contributed by atoms with Crippen LogP contribution in [-0.2, 0) is 22.4 Å². The van der Waals surface area contributed by atoms with Gasteiger partial charge in [0.15, 0.2) is 5.13 Å². The lowest BCUT2D eigenvalue weighted by Crippen LogP contribution is -2.06. The molecule has 0 unspecified atom stereocenters. The van der Waals surface area contributed by atoms with E-state index < -0.39 is 0 Å². The molecule has 0 saturated heterocycles. The fourth-order valence-corrected chi connectivity index (χ4v) is 4.00. The van der Waals surface area contributed by atoms with Gasteiger partial charge < -0.3 is 10.1 Å². The molecule has 2 heterocycles. The van der Waals surface area contributed by atoms with Crippen LogP contribution in [-0.4, -0.2) is 24.1 Å². The average Bonchev–Trinajstić information content (AvgIpc) is 3.06. The summed E-state index contributed by atoms with van der Waals surface area (Å²) in [7, 11) is 0. The first-order valence-electron chi connectivity index (χ1n) is 6.75. The topological polar surface area (TPSA) is 51.2 Å². The zero-order valence-electron chi connectivity index (χ0n) is 11.7. The molecule has 0 aliphatic rings. The Morgan fingerprint density at radius 1 is 1.43 bits per heavy atom. The highest BCUT2D eigenvalue weighted by molar-refractivity contribution is 9.11. The van der Waals surface area contributed by atoms with Crippen LogP contribution in [0.5, 0.6) is 0 Å². The Morgan fingerprint density at radius 2 is 2.29 bits per heavy atom. The smallest absolute Gasteiger partial charge is 0.306 e. The van der Waals surface area contributed by atoms with Crippen molar-refractivity contribution in [3.05, 3.63) is 31.9 Å². The number of aromatic nitrogens is 1. The normalized spacial score (nSPS) is 10.6. The number of ether oxygens (including phenoxy) is 1. The fourth-order valence-electron chi connectivity index (χ4n) is 1.75. The molecular weight excluding hydrogens is 372 g/mol. The van der Waals surface area contributed by atoms with Crippen molar-refractivity contribution in [2.75, 3.05) is 18.5 Å². The van der Waals surface area contributed by atoms with Gasteiger partial charge in [-0.25, -0.2) is 4.98 Å². The van der Waals surface area contributed by atoms with Gasteiger partial charge in [-0.05, 0) is 41.4 Å². The zero-order valence-corrected chi connectivity index (χ0v) is 14.9. The van der Waals surface area contributed by atoms with Crippen LogP contribution >= 0.6 is 38.6 Å². The third-order valence-electron chi connectivity index (χ3n) is 2.72. The molecule has 2 rings (SSSR count). The zero-order chi connectivity index (χ0) is 15.1. The van der Waals surface area contributed by atoms with Gasteiger partial charge in [-0.15, -0.1) is 22.7 Å². The maximum absolute atomic E-state index is 11.3. The number of aryl methyl sites for hydroxylation is 1. The molecule has 0 bridgehead atoms. The molecular formula is C14H17BrN2O2S2. The van der Waals surface area contributed by atoms with Gasteiger partial charge in [0.1, 0.15) is 0 Å². The quantitative estimate of drug-likeness (QED) is 0.691. The minimum atomic E-state index is -0.164. The number of carbonyl (C=O) groups is 1. The van der Waals surface area contributed by atoms with Gasteiger partial charge in [-0.2, -0.15) is 0 Å². The molecule has 0 amide bonds. The second-order valence-corrected chi connectivity index (χ2v) is 7.74. The summed E-state index contributed by atoms with van der Waals surface area (Å²) in [5.41, 5.74) is 0.939. The van der Waals surface area contributed by atoms with E-state index in [1.165, 1.54) is 4.88 Å². The lowest BCUT2D eigenvalue weighted by molar-refractivity contribution is -0.143. The molecule has 1 N–H and O–H groups in total. The van der Waals surface area contributed by atoms with Crippen molar-refractivity contribution in [3.63, 3.8) is 0 Å². The summed E-state index contributed by atoms with van der Waals surface area (Å²) in [4.78, 5) is 17.1. The van der Waals surface area contributed by atoms with Crippen LogP contribution in [0.4, 0.5) is 5.13 Å². The molecule has 0 aromatic carbocycles. The number of nitrogens with one attached hydrogen (secondary N) is 1. The molecule has 0 atom stereocenters. The maximum atomic E-state index is 11.3.